The number of hydrogen-bond acceptors (Lipinski definition) is 5. The lowest BCUT2D eigenvalue weighted by Crippen LogP contribution is -2.24. The second-order valence-electron chi connectivity index (χ2n) is 6.02. The van der Waals surface area contributed by atoms with Crippen LogP contribution < -0.4 is 4.74 Å². The quantitative estimate of drug-likeness (QED) is 0.878. The maximum atomic E-state index is 9.42. The van der Waals surface area contributed by atoms with Crippen LogP contribution in [0.3, 0.4) is 0 Å². The zero-order chi connectivity index (χ0) is 15.0. The first-order valence-electron chi connectivity index (χ1n) is 6.98. The number of aromatic nitrogens is 3. The normalized spacial score (nSPS) is 17.3. The van der Waals surface area contributed by atoms with Gasteiger partial charge in [0.2, 0.25) is 0 Å². The fourth-order valence-corrected chi connectivity index (χ4v) is 2.56. The smallest absolute Gasteiger partial charge is 0.123 e. The molecule has 2 N–H and O–H groups in total. The molecule has 0 amide bonds. The Hall–Kier alpha value is -1.92. The van der Waals surface area contributed by atoms with Crippen LogP contribution in [0.4, 0.5) is 0 Å². The van der Waals surface area contributed by atoms with Crippen molar-refractivity contribution in [3.8, 4) is 17.0 Å². The van der Waals surface area contributed by atoms with Gasteiger partial charge in [-0.1, -0.05) is 5.21 Å². The summed E-state index contributed by atoms with van der Waals surface area (Å²) < 4.78 is 7.39. The van der Waals surface area contributed by atoms with Crippen LogP contribution in [0.5, 0.6) is 5.75 Å². The van der Waals surface area contributed by atoms with Crippen molar-refractivity contribution < 1.29 is 14.9 Å². The zero-order valence-corrected chi connectivity index (χ0v) is 12.2. The molecule has 2 heterocycles. The summed E-state index contributed by atoms with van der Waals surface area (Å²) in [5.41, 5.74) is 2.72. The van der Waals surface area contributed by atoms with Crippen LogP contribution in [0.2, 0.25) is 0 Å². The molecule has 0 spiro atoms. The van der Waals surface area contributed by atoms with Crippen molar-refractivity contribution in [1.29, 1.82) is 0 Å². The molecule has 0 saturated heterocycles. The predicted octanol–water partition coefficient (Wildman–Crippen LogP) is 1.01. The maximum absolute atomic E-state index is 9.42. The molecule has 6 nitrogen and oxygen atoms in total. The van der Waals surface area contributed by atoms with Gasteiger partial charge in [-0.3, -0.25) is 0 Å². The predicted molar refractivity (Wildman–Crippen MR) is 77.0 cm³/mol. The summed E-state index contributed by atoms with van der Waals surface area (Å²) in [6, 6.07) is 5.99. The molecule has 1 aliphatic heterocycles. The number of nitrogens with zero attached hydrogens (tertiary/aromatic N) is 3. The van der Waals surface area contributed by atoms with Gasteiger partial charge >= 0.3 is 0 Å². The van der Waals surface area contributed by atoms with E-state index in [4.69, 9.17) is 9.84 Å². The summed E-state index contributed by atoms with van der Waals surface area (Å²) in [5.74, 6) is 0.923. The highest BCUT2D eigenvalue weighted by atomic mass is 16.5. The average Bonchev–Trinajstić information content (AvgIpc) is 2.99. The van der Waals surface area contributed by atoms with E-state index in [1.165, 1.54) is 10.2 Å². The Labute approximate surface area is 123 Å². The van der Waals surface area contributed by atoms with E-state index in [-0.39, 0.29) is 18.8 Å². The molecule has 1 aromatic carbocycles. The van der Waals surface area contributed by atoms with Crippen molar-refractivity contribution in [2.75, 3.05) is 6.61 Å². The van der Waals surface area contributed by atoms with Gasteiger partial charge in [-0.2, -0.15) is 0 Å². The molecule has 3 rings (SSSR count). The van der Waals surface area contributed by atoms with Gasteiger partial charge in [0, 0.05) is 12.0 Å². The van der Waals surface area contributed by atoms with Crippen molar-refractivity contribution in [1.82, 2.24) is 15.0 Å². The number of ether oxygens (including phenoxy) is 1. The third-order valence-electron chi connectivity index (χ3n) is 3.51. The number of fused-ring (bicyclic) bond motifs is 1. The largest absolute Gasteiger partial charge is 0.487 e. The Kier molecular flexibility index (Phi) is 3.43. The number of aliphatic hydroxyl groups excluding tert-OH is 2. The third kappa shape index (κ3) is 2.91. The lowest BCUT2D eigenvalue weighted by atomic mass is 9.99. The van der Waals surface area contributed by atoms with Gasteiger partial charge in [-0.15, -0.1) is 5.10 Å². The van der Waals surface area contributed by atoms with E-state index in [9.17, 15) is 5.11 Å². The molecular formula is C15H19N3O3. The Balaban J connectivity index is 1.83. The van der Waals surface area contributed by atoms with Crippen LogP contribution in [0.25, 0.3) is 11.3 Å². The van der Waals surface area contributed by atoms with Crippen LogP contribution >= 0.6 is 0 Å². The molecule has 1 atom stereocenters. The first kappa shape index (κ1) is 14.0. The number of rotatable bonds is 4. The highest BCUT2D eigenvalue weighted by Gasteiger charge is 2.30. The van der Waals surface area contributed by atoms with Crippen LogP contribution in [0, 0.1) is 0 Å². The summed E-state index contributed by atoms with van der Waals surface area (Å²) in [7, 11) is 0. The van der Waals surface area contributed by atoms with E-state index in [2.05, 4.69) is 30.2 Å². The molecular weight excluding hydrogens is 270 g/mol. The SMILES string of the molecule is CC1(C)Cc2cc(-c3cn(C[C@H](O)CO)nn3)ccc2O1. The second kappa shape index (κ2) is 5.13. The molecule has 0 bridgehead atoms. The van der Waals surface area contributed by atoms with Crippen molar-refractivity contribution in [2.45, 2.75) is 38.5 Å². The van der Waals surface area contributed by atoms with Gasteiger partial charge in [-0.25, -0.2) is 4.68 Å². The van der Waals surface area contributed by atoms with Crippen molar-refractivity contribution in [3.05, 3.63) is 30.0 Å². The Morgan fingerprint density at radius 2 is 2.24 bits per heavy atom. The van der Waals surface area contributed by atoms with Gasteiger partial charge in [0.15, 0.2) is 0 Å². The minimum absolute atomic E-state index is 0.163. The zero-order valence-electron chi connectivity index (χ0n) is 12.2. The van der Waals surface area contributed by atoms with Crippen molar-refractivity contribution in [3.63, 3.8) is 0 Å². The van der Waals surface area contributed by atoms with E-state index in [0.717, 1.165) is 23.4 Å². The molecule has 21 heavy (non-hydrogen) atoms. The van der Waals surface area contributed by atoms with Crippen LogP contribution in [-0.2, 0) is 13.0 Å². The van der Waals surface area contributed by atoms with Gasteiger partial charge in [0.05, 0.1) is 25.5 Å². The van der Waals surface area contributed by atoms with E-state index in [0.29, 0.717) is 0 Å². The summed E-state index contributed by atoms with van der Waals surface area (Å²) in [6.45, 7) is 4.07. The van der Waals surface area contributed by atoms with Gasteiger partial charge in [0.1, 0.15) is 17.0 Å². The van der Waals surface area contributed by atoms with Crippen molar-refractivity contribution >= 4 is 0 Å². The molecule has 0 unspecified atom stereocenters. The highest BCUT2D eigenvalue weighted by Crippen LogP contribution is 2.36. The molecule has 0 radical (unpaired) electrons. The molecule has 112 valence electrons. The number of benzene rings is 1. The third-order valence-corrected chi connectivity index (χ3v) is 3.51. The maximum Gasteiger partial charge on any atom is 0.123 e. The molecule has 0 saturated carbocycles. The molecule has 0 aliphatic carbocycles. The average molecular weight is 289 g/mol. The van der Waals surface area contributed by atoms with E-state index >= 15 is 0 Å². The first-order valence-corrected chi connectivity index (χ1v) is 6.98. The topological polar surface area (TPSA) is 80.4 Å². The van der Waals surface area contributed by atoms with Crippen LogP contribution in [-0.4, -0.2) is 43.5 Å². The number of aliphatic hydroxyl groups is 2. The Morgan fingerprint density at radius 3 is 3.00 bits per heavy atom. The minimum atomic E-state index is -0.825. The number of hydrogen-bond donors (Lipinski definition) is 2. The standard InChI is InChI=1S/C15H19N3O3/c1-15(2)6-11-5-10(3-4-14(11)21-15)13-8-18(17-16-13)7-12(20)9-19/h3-5,8,12,19-20H,6-7,9H2,1-2H3/t12-/m0/s1. The van der Waals surface area contributed by atoms with Crippen LogP contribution in [0.1, 0.15) is 19.4 Å². The van der Waals surface area contributed by atoms with E-state index in [1.807, 2.05) is 12.1 Å². The highest BCUT2D eigenvalue weighted by molar-refractivity contribution is 5.62. The Morgan fingerprint density at radius 1 is 1.43 bits per heavy atom. The van der Waals surface area contributed by atoms with Gasteiger partial charge < -0.3 is 14.9 Å². The Bertz CT molecular complexity index is 651. The summed E-state index contributed by atoms with van der Waals surface area (Å²) in [5, 5.41) is 26.4. The fourth-order valence-electron chi connectivity index (χ4n) is 2.56. The summed E-state index contributed by atoms with van der Waals surface area (Å²) in [6.07, 6.45) is 1.81. The second-order valence-corrected chi connectivity index (χ2v) is 6.02. The molecule has 0 fully saturated rings. The van der Waals surface area contributed by atoms with Crippen molar-refractivity contribution in [2.24, 2.45) is 0 Å². The summed E-state index contributed by atoms with van der Waals surface area (Å²) >= 11 is 0. The van der Waals surface area contributed by atoms with E-state index < -0.39 is 6.10 Å². The monoisotopic (exact) mass is 289 g/mol. The molecule has 1 aromatic heterocycles. The molecule has 6 heteroatoms. The molecule has 1 aliphatic rings. The summed E-state index contributed by atoms with van der Waals surface area (Å²) in [4.78, 5) is 0. The molecule has 2 aromatic rings. The lowest BCUT2D eigenvalue weighted by molar-refractivity contribution is 0.0778. The fraction of sp³-hybridized carbons (Fsp3) is 0.467. The van der Waals surface area contributed by atoms with Gasteiger partial charge in [-0.05, 0) is 37.6 Å². The minimum Gasteiger partial charge on any atom is -0.487 e. The lowest BCUT2D eigenvalue weighted by Gasteiger charge is -2.16. The van der Waals surface area contributed by atoms with Crippen LogP contribution in [0.15, 0.2) is 24.4 Å². The van der Waals surface area contributed by atoms with E-state index in [1.54, 1.807) is 6.20 Å². The first-order chi connectivity index (χ1) is 9.97. The van der Waals surface area contributed by atoms with Gasteiger partial charge in [0.25, 0.3) is 0 Å².